The van der Waals surface area contributed by atoms with Crippen LogP contribution in [0, 0.1) is 17.8 Å². The zero-order valence-corrected chi connectivity index (χ0v) is 13.5. The van der Waals surface area contributed by atoms with Gasteiger partial charge in [0.15, 0.2) is 0 Å². The Kier molecular flexibility index (Phi) is 3.94. The number of benzene rings is 1. The number of nitrogens with zero attached hydrogens (tertiary/aromatic N) is 1. The van der Waals surface area contributed by atoms with E-state index in [2.05, 4.69) is 25.8 Å². The van der Waals surface area contributed by atoms with E-state index in [9.17, 15) is 9.59 Å². The van der Waals surface area contributed by atoms with E-state index in [0.29, 0.717) is 28.7 Å². The Hall–Kier alpha value is -1.84. The summed E-state index contributed by atoms with van der Waals surface area (Å²) in [7, 11) is 0. The SMILES string of the molecule is CC(C)[C@H]1CC[C@@H](C)C[C@@H]1n1c(=O)[nH]c2ccccc2c1=O. The van der Waals surface area contributed by atoms with Crippen LogP contribution in [0.1, 0.15) is 46.1 Å². The average Bonchev–Trinajstić information content (AvgIpc) is 2.47. The van der Waals surface area contributed by atoms with Crippen LogP contribution in [-0.4, -0.2) is 9.55 Å². The van der Waals surface area contributed by atoms with Gasteiger partial charge in [0.1, 0.15) is 0 Å². The van der Waals surface area contributed by atoms with Crippen LogP contribution in [0.5, 0.6) is 0 Å². The molecular weight excluding hydrogens is 276 g/mol. The lowest BCUT2D eigenvalue weighted by Crippen LogP contribution is -2.43. The van der Waals surface area contributed by atoms with Crippen LogP contribution in [0.3, 0.4) is 0 Å². The van der Waals surface area contributed by atoms with Crippen LogP contribution in [-0.2, 0) is 0 Å². The molecule has 0 radical (unpaired) electrons. The van der Waals surface area contributed by atoms with E-state index in [1.54, 1.807) is 12.1 Å². The van der Waals surface area contributed by atoms with Crippen molar-refractivity contribution in [2.24, 2.45) is 17.8 Å². The standard InChI is InChI=1S/C18H24N2O2/c1-11(2)13-9-8-12(3)10-16(13)20-17(21)14-6-4-5-7-15(14)19-18(20)22/h4-7,11-13,16H,8-10H2,1-3H3,(H,19,22)/t12-,13-,16+/m1/s1. The van der Waals surface area contributed by atoms with Gasteiger partial charge in [-0.1, -0.05) is 39.3 Å². The molecular formula is C18H24N2O2. The molecule has 0 amide bonds. The molecule has 1 aliphatic rings. The Morgan fingerprint density at radius 3 is 2.64 bits per heavy atom. The third kappa shape index (κ3) is 2.51. The molecule has 2 aromatic rings. The van der Waals surface area contributed by atoms with Crippen LogP contribution in [0.2, 0.25) is 0 Å². The fourth-order valence-electron chi connectivity index (χ4n) is 3.93. The number of hydrogen-bond donors (Lipinski definition) is 1. The first-order chi connectivity index (χ1) is 10.5. The average molecular weight is 300 g/mol. The lowest BCUT2D eigenvalue weighted by Gasteiger charge is -2.37. The van der Waals surface area contributed by atoms with E-state index >= 15 is 0 Å². The van der Waals surface area contributed by atoms with Crippen molar-refractivity contribution in [3.63, 3.8) is 0 Å². The minimum absolute atomic E-state index is 0.00426. The number of nitrogens with one attached hydrogen (secondary N) is 1. The van der Waals surface area contributed by atoms with Crippen LogP contribution in [0.25, 0.3) is 10.9 Å². The van der Waals surface area contributed by atoms with Gasteiger partial charge in [-0.15, -0.1) is 0 Å². The molecule has 0 saturated heterocycles. The second kappa shape index (κ2) is 5.75. The molecule has 1 N–H and O–H groups in total. The lowest BCUT2D eigenvalue weighted by molar-refractivity contribution is 0.143. The van der Waals surface area contributed by atoms with Crippen molar-refractivity contribution < 1.29 is 0 Å². The molecule has 1 aromatic heterocycles. The van der Waals surface area contributed by atoms with Gasteiger partial charge in [0.2, 0.25) is 0 Å². The normalized spacial score (nSPS) is 25.7. The number of para-hydroxylation sites is 1. The van der Waals surface area contributed by atoms with Crippen molar-refractivity contribution in [1.82, 2.24) is 9.55 Å². The molecule has 4 heteroatoms. The van der Waals surface area contributed by atoms with Gasteiger partial charge in [-0.3, -0.25) is 9.36 Å². The number of hydrogen-bond acceptors (Lipinski definition) is 2. The van der Waals surface area contributed by atoms with Crippen molar-refractivity contribution in [2.45, 2.75) is 46.1 Å². The third-order valence-corrected chi connectivity index (χ3v) is 5.16. The number of aromatic amines is 1. The topological polar surface area (TPSA) is 54.9 Å². The van der Waals surface area contributed by atoms with E-state index in [1.165, 1.54) is 11.0 Å². The number of H-pyrrole nitrogens is 1. The highest BCUT2D eigenvalue weighted by Crippen LogP contribution is 2.39. The molecule has 0 spiro atoms. The van der Waals surface area contributed by atoms with E-state index in [1.807, 2.05) is 12.1 Å². The molecule has 1 saturated carbocycles. The molecule has 4 nitrogen and oxygen atoms in total. The second-order valence-electron chi connectivity index (χ2n) is 7.04. The molecule has 1 heterocycles. The smallest absolute Gasteiger partial charge is 0.307 e. The first-order valence-electron chi connectivity index (χ1n) is 8.22. The summed E-state index contributed by atoms with van der Waals surface area (Å²) in [4.78, 5) is 28.3. The van der Waals surface area contributed by atoms with E-state index in [-0.39, 0.29) is 17.3 Å². The molecule has 3 rings (SSSR count). The van der Waals surface area contributed by atoms with Gasteiger partial charge >= 0.3 is 5.69 Å². The van der Waals surface area contributed by atoms with Gasteiger partial charge in [0.25, 0.3) is 5.56 Å². The van der Waals surface area contributed by atoms with Crippen LogP contribution < -0.4 is 11.2 Å². The third-order valence-electron chi connectivity index (χ3n) is 5.16. The first-order valence-corrected chi connectivity index (χ1v) is 8.22. The van der Waals surface area contributed by atoms with E-state index in [4.69, 9.17) is 0 Å². The molecule has 118 valence electrons. The van der Waals surface area contributed by atoms with Gasteiger partial charge < -0.3 is 4.98 Å². The van der Waals surface area contributed by atoms with Crippen molar-refractivity contribution >= 4 is 10.9 Å². The van der Waals surface area contributed by atoms with Crippen molar-refractivity contribution in [3.8, 4) is 0 Å². The predicted octanol–water partition coefficient (Wildman–Crippen LogP) is 3.32. The minimum atomic E-state index is -0.270. The Morgan fingerprint density at radius 1 is 1.18 bits per heavy atom. The Balaban J connectivity index is 2.19. The molecule has 3 atom stereocenters. The summed E-state index contributed by atoms with van der Waals surface area (Å²) in [6.45, 7) is 6.59. The first kappa shape index (κ1) is 15.1. The summed E-state index contributed by atoms with van der Waals surface area (Å²) in [6.07, 6.45) is 3.17. The summed E-state index contributed by atoms with van der Waals surface area (Å²) in [6, 6.07) is 7.26. The second-order valence-corrected chi connectivity index (χ2v) is 7.04. The Morgan fingerprint density at radius 2 is 1.91 bits per heavy atom. The van der Waals surface area contributed by atoms with Crippen molar-refractivity contribution in [1.29, 1.82) is 0 Å². The van der Waals surface area contributed by atoms with Crippen LogP contribution in [0.4, 0.5) is 0 Å². The summed E-state index contributed by atoms with van der Waals surface area (Å²) in [5.74, 6) is 1.41. The monoisotopic (exact) mass is 300 g/mol. The van der Waals surface area contributed by atoms with E-state index in [0.717, 1.165) is 12.8 Å². The maximum atomic E-state index is 12.9. The summed E-state index contributed by atoms with van der Waals surface area (Å²) >= 11 is 0. The zero-order valence-electron chi connectivity index (χ0n) is 13.5. The fraction of sp³-hybridized carbons (Fsp3) is 0.556. The largest absolute Gasteiger partial charge is 0.329 e. The van der Waals surface area contributed by atoms with Gasteiger partial charge in [0.05, 0.1) is 10.9 Å². The molecule has 22 heavy (non-hydrogen) atoms. The lowest BCUT2D eigenvalue weighted by atomic mass is 9.74. The Bertz CT molecular complexity index is 788. The summed E-state index contributed by atoms with van der Waals surface area (Å²) < 4.78 is 1.49. The van der Waals surface area contributed by atoms with Gasteiger partial charge in [-0.25, -0.2) is 4.79 Å². The minimum Gasteiger partial charge on any atom is -0.307 e. The molecule has 1 fully saturated rings. The highest BCUT2D eigenvalue weighted by Gasteiger charge is 2.33. The fourth-order valence-corrected chi connectivity index (χ4v) is 3.93. The highest BCUT2D eigenvalue weighted by molar-refractivity contribution is 5.76. The summed E-state index contributed by atoms with van der Waals surface area (Å²) in [5, 5.41) is 0.600. The number of rotatable bonds is 2. The summed E-state index contributed by atoms with van der Waals surface area (Å²) in [5.41, 5.74) is 0.205. The molecule has 0 bridgehead atoms. The highest BCUT2D eigenvalue weighted by atomic mass is 16.2. The van der Waals surface area contributed by atoms with Gasteiger partial charge in [0, 0.05) is 6.04 Å². The zero-order chi connectivity index (χ0) is 15.9. The van der Waals surface area contributed by atoms with Gasteiger partial charge in [-0.2, -0.15) is 0 Å². The van der Waals surface area contributed by atoms with Crippen LogP contribution in [0.15, 0.2) is 33.9 Å². The number of aromatic nitrogens is 2. The number of fused-ring (bicyclic) bond motifs is 1. The van der Waals surface area contributed by atoms with Gasteiger partial charge in [-0.05, 0) is 42.7 Å². The predicted molar refractivity (Wildman–Crippen MR) is 89.2 cm³/mol. The van der Waals surface area contributed by atoms with Crippen molar-refractivity contribution in [3.05, 3.63) is 45.1 Å². The molecule has 0 aliphatic heterocycles. The Labute approximate surface area is 130 Å². The maximum absolute atomic E-state index is 12.9. The molecule has 1 aromatic carbocycles. The van der Waals surface area contributed by atoms with Crippen molar-refractivity contribution in [2.75, 3.05) is 0 Å². The quantitative estimate of drug-likeness (QED) is 0.925. The molecule has 1 aliphatic carbocycles. The maximum Gasteiger partial charge on any atom is 0.329 e. The van der Waals surface area contributed by atoms with E-state index < -0.39 is 0 Å². The molecule has 0 unspecified atom stereocenters. The van der Waals surface area contributed by atoms with Crippen LogP contribution >= 0.6 is 0 Å².